The van der Waals surface area contributed by atoms with E-state index in [-0.39, 0.29) is 10.7 Å². The summed E-state index contributed by atoms with van der Waals surface area (Å²) in [6, 6.07) is 6.57. The Morgan fingerprint density at radius 3 is 2.08 bits per heavy atom. The van der Waals surface area contributed by atoms with Gasteiger partial charge in [0.05, 0.1) is 0 Å². The Labute approximate surface area is 150 Å². The summed E-state index contributed by atoms with van der Waals surface area (Å²) in [4.78, 5) is 20.8. The van der Waals surface area contributed by atoms with Crippen LogP contribution in [-0.4, -0.2) is 39.6 Å². The van der Waals surface area contributed by atoms with Crippen molar-refractivity contribution in [3.8, 4) is 0 Å². The highest BCUT2D eigenvalue weighted by Crippen LogP contribution is 2.23. The van der Waals surface area contributed by atoms with Gasteiger partial charge in [0.2, 0.25) is 0 Å². The lowest BCUT2D eigenvalue weighted by atomic mass is 10.3. The van der Waals surface area contributed by atoms with Gasteiger partial charge in [-0.05, 0) is 26.0 Å². The summed E-state index contributed by atoms with van der Waals surface area (Å²) in [6.45, 7) is 3.64. The number of pyridine rings is 1. The van der Waals surface area contributed by atoms with Crippen LogP contribution < -0.4 is 10.6 Å². The van der Waals surface area contributed by atoms with Crippen LogP contribution in [0.2, 0.25) is 0 Å². The van der Waals surface area contributed by atoms with Gasteiger partial charge in [-0.2, -0.15) is 0 Å². The maximum Gasteiger partial charge on any atom is 0.179 e. The zero-order chi connectivity index (χ0) is 18.7. The van der Waals surface area contributed by atoms with Gasteiger partial charge in [-0.25, -0.2) is 33.3 Å². The third-order valence-corrected chi connectivity index (χ3v) is 4.50. The largest absolute Gasteiger partial charge is 0.325 e. The minimum Gasteiger partial charge on any atom is -0.325 e. The Kier molecular flexibility index (Phi) is 4.76. The molecule has 0 aliphatic carbocycles. The molecule has 3 aromatic heterocycles. The summed E-state index contributed by atoms with van der Waals surface area (Å²) in [5, 5.41) is 5.99. The Bertz CT molecular complexity index is 1050. The van der Waals surface area contributed by atoms with Gasteiger partial charge in [-0.3, -0.25) is 0 Å². The zero-order valence-electron chi connectivity index (χ0n) is 14.4. The van der Waals surface area contributed by atoms with Crippen molar-refractivity contribution in [2.75, 3.05) is 16.9 Å². The molecule has 0 atom stereocenters. The maximum absolute atomic E-state index is 12.0. The molecule has 0 radical (unpaired) electrons. The predicted molar refractivity (Wildman–Crippen MR) is 97.5 cm³/mol. The fourth-order valence-corrected chi connectivity index (χ4v) is 2.97. The van der Waals surface area contributed by atoms with E-state index >= 15 is 0 Å². The van der Waals surface area contributed by atoms with Crippen LogP contribution in [0.1, 0.15) is 11.4 Å². The SMILES string of the molecule is Cc1cc(Nc2cc(Nc3nc(C)ccc3S(C)(=O)=O)ncn2)ncn1. The van der Waals surface area contributed by atoms with E-state index in [9.17, 15) is 8.42 Å². The molecule has 0 unspecified atom stereocenters. The number of hydrogen-bond acceptors (Lipinski definition) is 9. The molecule has 0 saturated heterocycles. The van der Waals surface area contributed by atoms with Gasteiger partial charge in [-0.1, -0.05) is 0 Å². The van der Waals surface area contributed by atoms with Crippen molar-refractivity contribution in [1.82, 2.24) is 24.9 Å². The number of rotatable bonds is 5. The lowest BCUT2D eigenvalue weighted by Gasteiger charge is -2.11. The van der Waals surface area contributed by atoms with E-state index in [2.05, 4.69) is 35.6 Å². The highest BCUT2D eigenvalue weighted by atomic mass is 32.2. The first-order valence-corrected chi connectivity index (χ1v) is 9.53. The zero-order valence-corrected chi connectivity index (χ0v) is 15.2. The third-order valence-electron chi connectivity index (χ3n) is 3.37. The van der Waals surface area contributed by atoms with Gasteiger partial charge >= 0.3 is 0 Å². The summed E-state index contributed by atoms with van der Waals surface area (Å²) in [6.07, 6.45) is 3.94. The second-order valence-electron chi connectivity index (χ2n) is 5.65. The highest BCUT2D eigenvalue weighted by Gasteiger charge is 2.15. The van der Waals surface area contributed by atoms with Crippen molar-refractivity contribution in [2.45, 2.75) is 18.7 Å². The van der Waals surface area contributed by atoms with Crippen molar-refractivity contribution >= 4 is 33.1 Å². The van der Waals surface area contributed by atoms with Crippen LogP contribution in [0.5, 0.6) is 0 Å². The second-order valence-corrected chi connectivity index (χ2v) is 7.64. The van der Waals surface area contributed by atoms with Crippen LogP contribution in [0.25, 0.3) is 0 Å². The number of nitrogens with zero attached hydrogens (tertiary/aromatic N) is 5. The molecular formula is C16H17N7O2S. The molecule has 0 amide bonds. The minimum atomic E-state index is -3.43. The molecule has 0 bridgehead atoms. The molecule has 0 aliphatic heterocycles. The van der Waals surface area contributed by atoms with Crippen molar-refractivity contribution in [3.63, 3.8) is 0 Å². The molecule has 26 heavy (non-hydrogen) atoms. The predicted octanol–water partition coefficient (Wildman–Crippen LogP) is 2.17. The van der Waals surface area contributed by atoms with E-state index in [1.165, 1.54) is 18.7 Å². The molecule has 0 spiro atoms. The van der Waals surface area contributed by atoms with Crippen LogP contribution in [-0.2, 0) is 9.84 Å². The average molecular weight is 371 g/mol. The first kappa shape index (κ1) is 17.7. The standard InChI is InChI=1S/C16H17N7O2S/c1-10-4-5-12(26(3,24)25)16(21-10)23-15-7-14(19-9-20-15)22-13-6-11(2)17-8-18-13/h4-9H,1-3H3,(H2,17,18,19,20,21,22,23). The molecule has 0 aromatic carbocycles. The highest BCUT2D eigenvalue weighted by molar-refractivity contribution is 7.90. The lowest BCUT2D eigenvalue weighted by molar-refractivity contribution is 0.602. The minimum absolute atomic E-state index is 0.0997. The van der Waals surface area contributed by atoms with Gasteiger partial charge in [0, 0.05) is 29.8 Å². The van der Waals surface area contributed by atoms with E-state index in [0.29, 0.717) is 23.1 Å². The van der Waals surface area contributed by atoms with E-state index < -0.39 is 9.84 Å². The van der Waals surface area contributed by atoms with E-state index in [4.69, 9.17) is 0 Å². The molecule has 134 valence electrons. The first-order chi connectivity index (χ1) is 12.3. The van der Waals surface area contributed by atoms with Gasteiger partial charge in [0.1, 0.15) is 35.0 Å². The van der Waals surface area contributed by atoms with Crippen molar-refractivity contribution in [3.05, 3.63) is 48.3 Å². The Morgan fingerprint density at radius 2 is 1.42 bits per heavy atom. The molecule has 2 N–H and O–H groups in total. The number of aryl methyl sites for hydroxylation is 2. The van der Waals surface area contributed by atoms with Crippen LogP contribution >= 0.6 is 0 Å². The molecule has 9 nitrogen and oxygen atoms in total. The average Bonchev–Trinajstić information content (AvgIpc) is 2.54. The molecule has 0 fully saturated rings. The molecule has 10 heteroatoms. The smallest absolute Gasteiger partial charge is 0.179 e. The van der Waals surface area contributed by atoms with Gasteiger partial charge in [-0.15, -0.1) is 0 Å². The van der Waals surface area contributed by atoms with E-state index in [0.717, 1.165) is 11.9 Å². The van der Waals surface area contributed by atoms with Gasteiger partial charge in [0.15, 0.2) is 15.7 Å². The van der Waals surface area contributed by atoms with Gasteiger partial charge in [0.25, 0.3) is 0 Å². The monoisotopic (exact) mass is 371 g/mol. The third kappa shape index (κ3) is 4.28. The van der Waals surface area contributed by atoms with E-state index in [1.54, 1.807) is 25.1 Å². The number of sulfone groups is 1. The van der Waals surface area contributed by atoms with Crippen LogP contribution in [0.4, 0.5) is 23.3 Å². The maximum atomic E-state index is 12.0. The first-order valence-electron chi connectivity index (χ1n) is 7.64. The van der Waals surface area contributed by atoms with Crippen LogP contribution in [0.15, 0.2) is 41.8 Å². The normalized spacial score (nSPS) is 11.2. The van der Waals surface area contributed by atoms with Crippen molar-refractivity contribution < 1.29 is 8.42 Å². The molecule has 3 rings (SSSR count). The van der Waals surface area contributed by atoms with Crippen LogP contribution in [0, 0.1) is 13.8 Å². The Balaban J connectivity index is 1.89. The summed E-state index contributed by atoms with van der Waals surface area (Å²) < 4.78 is 23.9. The fourth-order valence-electron chi connectivity index (χ4n) is 2.20. The lowest BCUT2D eigenvalue weighted by Crippen LogP contribution is -2.07. The quantitative estimate of drug-likeness (QED) is 0.694. The number of nitrogens with one attached hydrogen (secondary N) is 2. The summed E-state index contributed by atoms with van der Waals surface area (Å²) in [7, 11) is -3.43. The van der Waals surface area contributed by atoms with E-state index in [1.807, 2.05) is 6.92 Å². The number of aromatic nitrogens is 5. The Hall–Kier alpha value is -3.14. The fraction of sp³-hybridized carbons (Fsp3) is 0.188. The summed E-state index contributed by atoms with van der Waals surface area (Å²) in [5.74, 6) is 1.70. The number of anilines is 4. The molecule has 3 heterocycles. The molecule has 3 aromatic rings. The topological polar surface area (TPSA) is 123 Å². The molecule has 0 aliphatic rings. The Morgan fingerprint density at radius 1 is 0.808 bits per heavy atom. The summed E-state index contributed by atoms with van der Waals surface area (Å²) >= 11 is 0. The number of hydrogen-bond donors (Lipinski definition) is 2. The van der Waals surface area contributed by atoms with Crippen molar-refractivity contribution in [1.29, 1.82) is 0 Å². The second kappa shape index (κ2) is 7.00. The van der Waals surface area contributed by atoms with Crippen LogP contribution in [0.3, 0.4) is 0 Å². The van der Waals surface area contributed by atoms with Gasteiger partial charge < -0.3 is 10.6 Å². The van der Waals surface area contributed by atoms with Crippen molar-refractivity contribution in [2.24, 2.45) is 0 Å². The molecular weight excluding hydrogens is 354 g/mol. The molecule has 0 saturated carbocycles. The summed E-state index contributed by atoms with van der Waals surface area (Å²) in [5.41, 5.74) is 1.50.